The summed E-state index contributed by atoms with van der Waals surface area (Å²) in [5, 5.41) is 9.02. The molecule has 0 aromatic heterocycles. The van der Waals surface area contributed by atoms with Crippen molar-refractivity contribution in [2.75, 3.05) is 6.61 Å². The number of aliphatic hydroxyl groups is 1. The number of aliphatic hydroxyl groups excluding tert-OH is 1. The van der Waals surface area contributed by atoms with Crippen molar-refractivity contribution in [3.63, 3.8) is 0 Å². The molecule has 16 heavy (non-hydrogen) atoms. The number of hydrogen-bond acceptors (Lipinski definition) is 1. The van der Waals surface area contributed by atoms with Crippen LogP contribution in [0.25, 0.3) is 0 Å². The molecule has 0 aliphatic heterocycles. The molecular weight excluding hydrogens is 196 g/mol. The maximum absolute atomic E-state index is 9.02. The Kier molecular flexibility index (Phi) is 5.04. The fourth-order valence-electron chi connectivity index (χ4n) is 2.81. The summed E-state index contributed by atoms with van der Waals surface area (Å²) >= 11 is 0. The molecule has 1 nitrogen and oxygen atoms in total. The van der Waals surface area contributed by atoms with Crippen LogP contribution in [0.2, 0.25) is 0 Å². The van der Waals surface area contributed by atoms with Gasteiger partial charge in [0.05, 0.1) is 6.61 Å². The molecule has 0 unspecified atom stereocenters. The maximum atomic E-state index is 9.02. The monoisotopic (exact) mass is 224 g/mol. The van der Waals surface area contributed by atoms with Crippen LogP contribution in [0, 0.1) is 17.3 Å². The predicted octanol–water partition coefficient (Wildman–Crippen LogP) is 4.17. The summed E-state index contributed by atoms with van der Waals surface area (Å²) < 4.78 is 0. The van der Waals surface area contributed by atoms with E-state index in [1.54, 1.807) is 0 Å². The van der Waals surface area contributed by atoms with Gasteiger partial charge in [0.2, 0.25) is 0 Å². The Hall–Kier alpha value is -0.300. The third kappa shape index (κ3) is 3.62. The lowest BCUT2D eigenvalue weighted by atomic mass is 9.67. The topological polar surface area (TPSA) is 20.2 Å². The summed E-state index contributed by atoms with van der Waals surface area (Å²) in [5.74, 6) is 1.62. The molecule has 1 fully saturated rings. The Balaban J connectivity index is 2.46. The van der Waals surface area contributed by atoms with E-state index in [-0.39, 0.29) is 6.61 Å². The molecule has 0 bridgehead atoms. The average molecular weight is 224 g/mol. The van der Waals surface area contributed by atoms with Crippen molar-refractivity contribution in [3.05, 3.63) is 11.6 Å². The lowest BCUT2D eigenvalue weighted by molar-refractivity contribution is 0.138. The quantitative estimate of drug-likeness (QED) is 0.711. The van der Waals surface area contributed by atoms with Gasteiger partial charge < -0.3 is 5.11 Å². The Morgan fingerprint density at radius 1 is 1.25 bits per heavy atom. The average Bonchev–Trinajstić information content (AvgIpc) is 2.29. The lowest BCUT2D eigenvalue weighted by Gasteiger charge is -2.38. The molecule has 0 aromatic carbocycles. The van der Waals surface area contributed by atoms with Crippen LogP contribution in [-0.4, -0.2) is 11.7 Å². The highest BCUT2D eigenvalue weighted by atomic mass is 16.3. The molecule has 0 amide bonds. The Morgan fingerprint density at radius 3 is 2.25 bits per heavy atom. The molecule has 1 heteroatoms. The summed E-state index contributed by atoms with van der Waals surface area (Å²) in [4.78, 5) is 0. The van der Waals surface area contributed by atoms with Gasteiger partial charge in [-0.15, -0.1) is 0 Å². The molecule has 0 spiro atoms. The summed E-state index contributed by atoms with van der Waals surface area (Å²) in [6.45, 7) is 9.38. The normalized spacial score (nSPS) is 28.2. The number of hydrogen-bond donors (Lipinski definition) is 1. The SMILES string of the molecule is CCC(C)(C)C1CCC(C=C(C)CO)CC1. The highest BCUT2D eigenvalue weighted by molar-refractivity contribution is 5.02. The summed E-state index contributed by atoms with van der Waals surface area (Å²) in [6, 6.07) is 0. The molecule has 0 heterocycles. The first-order valence-corrected chi connectivity index (χ1v) is 6.77. The second-order valence-electron chi connectivity index (χ2n) is 6.12. The van der Waals surface area contributed by atoms with E-state index in [2.05, 4.69) is 26.8 Å². The van der Waals surface area contributed by atoms with Crippen molar-refractivity contribution < 1.29 is 5.11 Å². The summed E-state index contributed by atoms with van der Waals surface area (Å²) in [7, 11) is 0. The molecule has 1 aliphatic carbocycles. The van der Waals surface area contributed by atoms with Crippen LogP contribution in [0.5, 0.6) is 0 Å². The number of rotatable bonds is 4. The van der Waals surface area contributed by atoms with Crippen LogP contribution in [0.3, 0.4) is 0 Å². The van der Waals surface area contributed by atoms with E-state index in [0.717, 1.165) is 17.4 Å². The Labute approximate surface area is 101 Å². The molecule has 1 aliphatic rings. The van der Waals surface area contributed by atoms with Crippen molar-refractivity contribution in [1.29, 1.82) is 0 Å². The molecule has 0 atom stereocenters. The van der Waals surface area contributed by atoms with E-state index in [4.69, 9.17) is 5.11 Å². The predicted molar refractivity (Wildman–Crippen MR) is 70.4 cm³/mol. The minimum atomic E-state index is 0.223. The zero-order valence-corrected chi connectivity index (χ0v) is 11.4. The van der Waals surface area contributed by atoms with E-state index in [1.165, 1.54) is 32.1 Å². The van der Waals surface area contributed by atoms with Gasteiger partial charge in [-0.25, -0.2) is 0 Å². The molecular formula is C15H28O. The van der Waals surface area contributed by atoms with Gasteiger partial charge in [0.15, 0.2) is 0 Å². The van der Waals surface area contributed by atoms with Crippen molar-refractivity contribution >= 4 is 0 Å². The van der Waals surface area contributed by atoms with Crippen molar-refractivity contribution in [3.8, 4) is 0 Å². The van der Waals surface area contributed by atoms with Gasteiger partial charge >= 0.3 is 0 Å². The maximum Gasteiger partial charge on any atom is 0.0639 e. The molecule has 94 valence electrons. The molecule has 0 saturated heterocycles. The van der Waals surface area contributed by atoms with Crippen LogP contribution in [0.1, 0.15) is 59.8 Å². The third-order valence-electron chi connectivity index (χ3n) is 4.56. The Bertz CT molecular complexity index is 232. The molecule has 1 saturated carbocycles. The van der Waals surface area contributed by atoms with E-state index >= 15 is 0 Å². The summed E-state index contributed by atoms with van der Waals surface area (Å²) in [5.41, 5.74) is 1.65. The van der Waals surface area contributed by atoms with E-state index < -0.39 is 0 Å². The summed E-state index contributed by atoms with van der Waals surface area (Å²) in [6.07, 6.45) is 8.92. The van der Waals surface area contributed by atoms with Gasteiger partial charge in [0, 0.05) is 0 Å². The molecule has 1 N–H and O–H groups in total. The van der Waals surface area contributed by atoms with Crippen LogP contribution >= 0.6 is 0 Å². The standard InChI is InChI=1S/C15H28O/c1-5-15(3,4)14-8-6-13(7-9-14)10-12(2)11-16/h10,13-14,16H,5-9,11H2,1-4H3. The first kappa shape index (κ1) is 13.8. The van der Waals surface area contributed by atoms with E-state index in [9.17, 15) is 0 Å². The van der Waals surface area contributed by atoms with Crippen LogP contribution in [-0.2, 0) is 0 Å². The minimum Gasteiger partial charge on any atom is -0.392 e. The van der Waals surface area contributed by atoms with Gasteiger partial charge in [0.25, 0.3) is 0 Å². The van der Waals surface area contributed by atoms with Crippen molar-refractivity contribution in [1.82, 2.24) is 0 Å². The van der Waals surface area contributed by atoms with Gasteiger partial charge in [-0.2, -0.15) is 0 Å². The highest BCUT2D eigenvalue weighted by Gasteiger charge is 2.31. The first-order valence-electron chi connectivity index (χ1n) is 6.77. The molecule has 1 rings (SSSR count). The second kappa shape index (κ2) is 5.86. The first-order chi connectivity index (χ1) is 7.49. The van der Waals surface area contributed by atoms with Gasteiger partial charge in [-0.3, -0.25) is 0 Å². The molecule has 0 radical (unpaired) electrons. The zero-order chi connectivity index (χ0) is 12.2. The van der Waals surface area contributed by atoms with E-state index in [0.29, 0.717) is 5.41 Å². The van der Waals surface area contributed by atoms with Crippen LogP contribution in [0.15, 0.2) is 11.6 Å². The smallest absolute Gasteiger partial charge is 0.0639 e. The third-order valence-corrected chi connectivity index (χ3v) is 4.56. The lowest BCUT2D eigenvalue weighted by Crippen LogP contribution is -2.27. The second-order valence-corrected chi connectivity index (χ2v) is 6.12. The van der Waals surface area contributed by atoms with Gasteiger partial charge in [0.1, 0.15) is 0 Å². The van der Waals surface area contributed by atoms with Crippen molar-refractivity contribution in [2.24, 2.45) is 17.3 Å². The minimum absolute atomic E-state index is 0.223. The van der Waals surface area contributed by atoms with Gasteiger partial charge in [-0.1, -0.05) is 38.8 Å². The molecule has 0 aromatic rings. The zero-order valence-electron chi connectivity index (χ0n) is 11.4. The van der Waals surface area contributed by atoms with E-state index in [1.807, 2.05) is 6.92 Å². The Morgan fingerprint density at radius 2 is 1.81 bits per heavy atom. The largest absolute Gasteiger partial charge is 0.392 e. The highest BCUT2D eigenvalue weighted by Crippen LogP contribution is 2.42. The number of allylic oxidation sites excluding steroid dienone is 1. The fourth-order valence-corrected chi connectivity index (χ4v) is 2.81. The van der Waals surface area contributed by atoms with Crippen LogP contribution < -0.4 is 0 Å². The van der Waals surface area contributed by atoms with Crippen LogP contribution in [0.4, 0.5) is 0 Å². The van der Waals surface area contributed by atoms with Gasteiger partial charge in [-0.05, 0) is 49.9 Å². The van der Waals surface area contributed by atoms with Crippen molar-refractivity contribution in [2.45, 2.75) is 59.8 Å². The fraction of sp³-hybridized carbons (Fsp3) is 0.867.